The average molecular weight is 332 g/mol. The third-order valence-corrected chi connectivity index (χ3v) is 2.95. The molecular weight excluding hydrogens is 314 g/mol. The number of carbonyl (C=O) groups is 1. The van der Waals surface area contributed by atoms with Crippen molar-refractivity contribution in [2.45, 2.75) is 6.92 Å². The zero-order chi connectivity index (χ0) is 14.1. The fourth-order valence-corrected chi connectivity index (χ4v) is 1.77. The predicted octanol–water partition coefficient (Wildman–Crippen LogP) is 2.45. The lowest BCUT2D eigenvalue weighted by Crippen LogP contribution is -2.16. The van der Waals surface area contributed by atoms with E-state index in [1.54, 1.807) is 14.0 Å². The molecule has 0 atom stereocenters. The molecule has 0 aromatic heterocycles. The molecule has 0 heterocycles. The summed E-state index contributed by atoms with van der Waals surface area (Å²) < 4.78 is 16.0. The van der Waals surface area contributed by atoms with E-state index in [2.05, 4.69) is 21.2 Å². The molecule has 1 rings (SSSR count). The molecule has 0 saturated heterocycles. The van der Waals surface area contributed by atoms with E-state index in [1.807, 2.05) is 18.2 Å². The maximum Gasteiger partial charge on any atom is 0.332 e. The van der Waals surface area contributed by atoms with Gasteiger partial charge in [-0.25, -0.2) is 4.79 Å². The molecule has 1 aromatic rings. The molecule has 0 unspecified atom stereocenters. The molecule has 0 spiro atoms. The van der Waals surface area contributed by atoms with Gasteiger partial charge in [-0.2, -0.15) is 0 Å². The molecule has 0 saturated carbocycles. The molecule has 1 aromatic carbocycles. The maximum atomic E-state index is 11.0. The Labute approximate surface area is 121 Å². The van der Waals surface area contributed by atoms with Crippen LogP contribution in [0.25, 0.3) is 0 Å². The van der Waals surface area contributed by atoms with Crippen LogP contribution in [0.5, 0.6) is 5.75 Å². The number of carbonyl (C=O) groups excluding carboxylic acids is 1. The van der Waals surface area contributed by atoms with Crippen molar-refractivity contribution in [3.63, 3.8) is 0 Å². The van der Waals surface area contributed by atoms with Crippen LogP contribution in [0.1, 0.15) is 6.92 Å². The van der Waals surface area contributed by atoms with Gasteiger partial charge in [0.15, 0.2) is 0 Å². The van der Waals surface area contributed by atoms with Crippen LogP contribution in [-0.2, 0) is 14.3 Å². The minimum absolute atomic E-state index is 0.0190. The van der Waals surface area contributed by atoms with Crippen LogP contribution >= 0.6 is 15.9 Å². The van der Waals surface area contributed by atoms with Crippen molar-refractivity contribution >= 4 is 27.6 Å². The second kappa shape index (κ2) is 8.77. The molecule has 19 heavy (non-hydrogen) atoms. The van der Waals surface area contributed by atoms with Gasteiger partial charge in [-0.05, 0) is 35.0 Å². The first-order valence-corrected chi connectivity index (χ1v) is 6.77. The van der Waals surface area contributed by atoms with Crippen LogP contribution in [0.15, 0.2) is 22.7 Å². The number of nitrogens with one attached hydrogen (secondary N) is 1. The summed E-state index contributed by atoms with van der Waals surface area (Å²) >= 11 is 3.44. The SMILES string of the molecule is CCOC(=O)COCCNc1cc(OC)ccc1Br. The minimum atomic E-state index is -0.343. The molecule has 0 amide bonds. The van der Waals surface area contributed by atoms with Crippen LogP contribution < -0.4 is 10.1 Å². The van der Waals surface area contributed by atoms with Crippen molar-refractivity contribution in [2.75, 3.05) is 38.8 Å². The molecule has 5 nitrogen and oxygen atoms in total. The van der Waals surface area contributed by atoms with Gasteiger partial charge in [-0.3, -0.25) is 0 Å². The number of halogens is 1. The third kappa shape index (κ3) is 5.94. The van der Waals surface area contributed by atoms with Crippen LogP contribution in [0, 0.1) is 0 Å². The van der Waals surface area contributed by atoms with Gasteiger partial charge < -0.3 is 19.5 Å². The Bertz CT molecular complexity index is 412. The average Bonchev–Trinajstić information content (AvgIpc) is 2.40. The van der Waals surface area contributed by atoms with E-state index in [0.29, 0.717) is 19.8 Å². The van der Waals surface area contributed by atoms with Crippen LogP contribution in [0.2, 0.25) is 0 Å². The van der Waals surface area contributed by atoms with Crippen molar-refractivity contribution in [1.82, 2.24) is 0 Å². The number of hydrogen-bond acceptors (Lipinski definition) is 5. The number of benzene rings is 1. The summed E-state index contributed by atoms with van der Waals surface area (Å²) in [6.45, 7) is 3.12. The lowest BCUT2D eigenvalue weighted by atomic mass is 10.3. The minimum Gasteiger partial charge on any atom is -0.497 e. The standard InChI is InChI=1S/C13H18BrNO4/c1-3-19-13(16)9-18-7-6-15-12-8-10(17-2)4-5-11(12)14/h4-5,8,15H,3,6-7,9H2,1-2H3. The highest BCUT2D eigenvalue weighted by Gasteiger charge is 2.03. The number of esters is 1. The van der Waals surface area contributed by atoms with Crippen molar-refractivity contribution in [3.05, 3.63) is 22.7 Å². The predicted molar refractivity (Wildman–Crippen MR) is 76.6 cm³/mol. The van der Waals surface area contributed by atoms with Crippen molar-refractivity contribution in [3.8, 4) is 5.75 Å². The number of rotatable bonds is 8. The molecule has 6 heteroatoms. The van der Waals surface area contributed by atoms with Gasteiger partial charge in [-0.1, -0.05) is 0 Å². The Morgan fingerprint density at radius 3 is 2.89 bits per heavy atom. The van der Waals surface area contributed by atoms with Gasteiger partial charge in [-0.15, -0.1) is 0 Å². The molecule has 106 valence electrons. The number of anilines is 1. The summed E-state index contributed by atoms with van der Waals surface area (Å²) in [7, 11) is 1.62. The summed E-state index contributed by atoms with van der Waals surface area (Å²) in [4.78, 5) is 11.0. The Morgan fingerprint density at radius 2 is 2.21 bits per heavy atom. The van der Waals surface area contributed by atoms with E-state index >= 15 is 0 Å². The monoisotopic (exact) mass is 331 g/mol. The van der Waals surface area contributed by atoms with Crippen molar-refractivity contribution in [2.24, 2.45) is 0 Å². The van der Waals surface area contributed by atoms with E-state index < -0.39 is 0 Å². The Hall–Kier alpha value is -1.27. The third-order valence-electron chi connectivity index (χ3n) is 2.26. The molecule has 0 aliphatic heterocycles. The van der Waals surface area contributed by atoms with Gasteiger partial charge in [0.2, 0.25) is 0 Å². The van der Waals surface area contributed by atoms with Gasteiger partial charge in [0.05, 0.1) is 26.0 Å². The van der Waals surface area contributed by atoms with E-state index in [4.69, 9.17) is 14.2 Å². The highest BCUT2D eigenvalue weighted by Crippen LogP contribution is 2.26. The number of hydrogen-bond donors (Lipinski definition) is 1. The molecule has 0 bridgehead atoms. The van der Waals surface area contributed by atoms with Gasteiger partial charge in [0.1, 0.15) is 12.4 Å². The second-order valence-electron chi connectivity index (χ2n) is 3.63. The summed E-state index contributed by atoms with van der Waals surface area (Å²) in [5, 5.41) is 3.19. The molecule has 1 N–H and O–H groups in total. The Morgan fingerprint density at radius 1 is 1.42 bits per heavy atom. The van der Waals surface area contributed by atoms with Crippen molar-refractivity contribution < 1.29 is 19.0 Å². The lowest BCUT2D eigenvalue weighted by molar-refractivity contribution is -0.148. The van der Waals surface area contributed by atoms with Gasteiger partial charge in [0, 0.05) is 17.1 Å². The fraction of sp³-hybridized carbons (Fsp3) is 0.462. The number of ether oxygens (including phenoxy) is 3. The van der Waals surface area contributed by atoms with Crippen LogP contribution in [-0.4, -0.2) is 39.4 Å². The van der Waals surface area contributed by atoms with E-state index in [-0.39, 0.29) is 12.6 Å². The van der Waals surface area contributed by atoms with Gasteiger partial charge >= 0.3 is 5.97 Å². The zero-order valence-electron chi connectivity index (χ0n) is 11.1. The smallest absolute Gasteiger partial charge is 0.332 e. The lowest BCUT2D eigenvalue weighted by Gasteiger charge is -2.10. The number of methoxy groups -OCH3 is 1. The Balaban J connectivity index is 2.27. The van der Waals surface area contributed by atoms with E-state index in [9.17, 15) is 4.79 Å². The van der Waals surface area contributed by atoms with E-state index in [0.717, 1.165) is 15.9 Å². The normalized spacial score (nSPS) is 10.1. The fourth-order valence-electron chi connectivity index (χ4n) is 1.38. The van der Waals surface area contributed by atoms with Crippen LogP contribution in [0.3, 0.4) is 0 Å². The summed E-state index contributed by atoms with van der Waals surface area (Å²) in [5.41, 5.74) is 0.916. The van der Waals surface area contributed by atoms with Gasteiger partial charge in [0.25, 0.3) is 0 Å². The Kier molecular flexibility index (Phi) is 7.28. The molecule has 0 fully saturated rings. The zero-order valence-corrected chi connectivity index (χ0v) is 12.7. The maximum absolute atomic E-state index is 11.0. The highest BCUT2D eigenvalue weighted by molar-refractivity contribution is 9.10. The summed E-state index contributed by atoms with van der Waals surface area (Å²) in [6, 6.07) is 5.66. The highest BCUT2D eigenvalue weighted by atomic mass is 79.9. The van der Waals surface area contributed by atoms with Crippen LogP contribution in [0.4, 0.5) is 5.69 Å². The molecule has 0 aliphatic carbocycles. The van der Waals surface area contributed by atoms with E-state index in [1.165, 1.54) is 0 Å². The first-order valence-electron chi connectivity index (χ1n) is 5.98. The summed E-state index contributed by atoms with van der Waals surface area (Å²) in [5.74, 6) is 0.434. The largest absolute Gasteiger partial charge is 0.497 e. The molecular formula is C13H18BrNO4. The first-order chi connectivity index (χ1) is 9.17. The second-order valence-corrected chi connectivity index (χ2v) is 4.48. The summed E-state index contributed by atoms with van der Waals surface area (Å²) in [6.07, 6.45) is 0. The quantitative estimate of drug-likeness (QED) is 0.585. The first kappa shape index (κ1) is 15.8. The molecule has 0 aliphatic rings. The van der Waals surface area contributed by atoms with Crippen molar-refractivity contribution in [1.29, 1.82) is 0 Å². The molecule has 0 radical (unpaired) electrons. The topological polar surface area (TPSA) is 56.8 Å².